The molecule has 7 nitrogen and oxygen atoms in total. The maximum absolute atomic E-state index is 12.3. The van der Waals surface area contributed by atoms with Crippen molar-refractivity contribution in [2.24, 2.45) is 5.73 Å². The molecule has 0 unspecified atom stereocenters. The van der Waals surface area contributed by atoms with E-state index >= 15 is 0 Å². The van der Waals surface area contributed by atoms with Crippen LogP contribution in [0, 0.1) is 0 Å². The Morgan fingerprint density at radius 3 is 2.36 bits per heavy atom. The van der Waals surface area contributed by atoms with Gasteiger partial charge in [0.15, 0.2) is 0 Å². The summed E-state index contributed by atoms with van der Waals surface area (Å²) < 4.78 is 0. The molecule has 7 heteroatoms. The summed E-state index contributed by atoms with van der Waals surface area (Å²) in [7, 11) is 0. The normalized spacial score (nSPS) is 11.6. The van der Waals surface area contributed by atoms with Crippen molar-refractivity contribution in [3.05, 3.63) is 35.4 Å². The topological polar surface area (TPSA) is 122 Å². The van der Waals surface area contributed by atoms with Crippen LogP contribution in [0.4, 0.5) is 0 Å². The third kappa shape index (κ3) is 9.50. The van der Waals surface area contributed by atoms with Crippen molar-refractivity contribution in [2.75, 3.05) is 13.1 Å². The molecule has 0 saturated carbocycles. The van der Waals surface area contributed by atoms with Gasteiger partial charge < -0.3 is 21.5 Å². The first kappa shape index (κ1) is 23.6. The molecule has 2 amide bonds. The highest BCUT2D eigenvalue weighted by Gasteiger charge is 2.20. The molecule has 5 N–H and O–H groups in total. The minimum absolute atomic E-state index is 0.0641. The van der Waals surface area contributed by atoms with Gasteiger partial charge in [-0.3, -0.25) is 9.59 Å². The Morgan fingerprint density at radius 1 is 1.04 bits per heavy atom. The molecule has 0 aliphatic heterocycles. The second kappa shape index (κ2) is 13.7. The molecule has 1 aromatic rings. The van der Waals surface area contributed by atoms with E-state index in [0.29, 0.717) is 31.4 Å². The Labute approximate surface area is 167 Å². The van der Waals surface area contributed by atoms with E-state index in [4.69, 9.17) is 5.73 Å². The van der Waals surface area contributed by atoms with Crippen molar-refractivity contribution in [3.8, 4) is 0 Å². The molecule has 0 aliphatic carbocycles. The van der Waals surface area contributed by atoms with E-state index in [0.717, 1.165) is 12.8 Å². The minimum atomic E-state index is -1.06. The van der Waals surface area contributed by atoms with Crippen LogP contribution in [0.15, 0.2) is 24.3 Å². The standard InChI is InChI=1S/C21H33N3O4/c1-2-3-4-5-8-16-10-12-17(13-11-16)20(26)24-18(21(27)28)9-6-7-14-23-19(25)15-22/h10-13,18H,2-9,14-15,22H2,1H3,(H,23,25)(H,24,26)(H,27,28)/t18-/m0/s1. The van der Waals surface area contributed by atoms with Gasteiger partial charge >= 0.3 is 5.97 Å². The van der Waals surface area contributed by atoms with Crippen LogP contribution in [-0.2, 0) is 16.0 Å². The van der Waals surface area contributed by atoms with Gasteiger partial charge in [0, 0.05) is 12.1 Å². The number of amides is 2. The predicted molar refractivity (Wildman–Crippen MR) is 109 cm³/mol. The van der Waals surface area contributed by atoms with Gasteiger partial charge in [-0.1, -0.05) is 38.3 Å². The summed E-state index contributed by atoms with van der Waals surface area (Å²) in [6.45, 7) is 2.55. The monoisotopic (exact) mass is 391 g/mol. The molecule has 0 aliphatic rings. The molecule has 0 saturated heterocycles. The maximum Gasteiger partial charge on any atom is 0.326 e. The lowest BCUT2D eigenvalue weighted by atomic mass is 10.0. The Bertz CT molecular complexity index is 617. The third-order valence-corrected chi connectivity index (χ3v) is 4.57. The van der Waals surface area contributed by atoms with E-state index in [9.17, 15) is 19.5 Å². The van der Waals surface area contributed by atoms with Crippen LogP contribution < -0.4 is 16.4 Å². The summed E-state index contributed by atoms with van der Waals surface area (Å²) >= 11 is 0. The van der Waals surface area contributed by atoms with Crippen LogP contribution in [-0.4, -0.2) is 42.0 Å². The smallest absolute Gasteiger partial charge is 0.326 e. The Hall–Kier alpha value is -2.41. The van der Waals surface area contributed by atoms with E-state index in [-0.39, 0.29) is 18.4 Å². The number of carboxylic acid groups (broad SMARTS) is 1. The van der Waals surface area contributed by atoms with Crippen molar-refractivity contribution in [3.63, 3.8) is 0 Å². The number of nitrogens with one attached hydrogen (secondary N) is 2. The summed E-state index contributed by atoms with van der Waals surface area (Å²) in [4.78, 5) is 34.8. The number of carbonyl (C=O) groups excluding carboxylic acids is 2. The number of rotatable bonds is 14. The highest BCUT2D eigenvalue weighted by atomic mass is 16.4. The Balaban J connectivity index is 2.43. The van der Waals surface area contributed by atoms with E-state index in [1.807, 2.05) is 12.1 Å². The lowest BCUT2D eigenvalue weighted by Crippen LogP contribution is -2.40. The highest BCUT2D eigenvalue weighted by molar-refractivity contribution is 5.96. The van der Waals surface area contributed by atoms with Gasteiger partial charge in [0.05, 0.1) is 6.54 Å². The van der Waals surface area contributed by atoms with Gasteiger partial charge in [0.25, 0.3) is 5.91 Å². The second-order valence-corrected chi connectivity index (χ2v) is 6.92. The Morgan fingerprint density at radius 2 is 1.75 bits per heavy atom. The predicted octanol–water partition coefficient (Wildman–Crippen LogP) is 2.24. The number of aliphatic carboxylic acids is 1. The summed E-state index contributed by atoms with van der Waals surface area (Å²) in [5.74, 6) is -1.69. The van der Waals surface area contributed by atoms with Gasteiger partial charge in [0.1, 0.15) is 6.04 Å². The van der Waals surface area contributed by atoms with E-state index in [2.05, 4.69) is 17.6 Å². The zero-order valence-electron chi connectivity index (χ0n) is 16.7. The molecule has 0 aromatic heterocycles. The van der Waals surface area contributed by atoms with Crippen molar-refractivity contribution in [1.82, 2.24) is 10.6 Å². The molecular weight excluding hydrogens is 358 g/mol. The first-order valence-corrected chi connectivity index (χ1v) is 10.1. The zero-order valence-corrected chi connectivity index (χ0v) is 16.7. The number of aryl methyl sites for hydroxylation is 1. The van der Waals surface area contributed by atoms with Gasteiger partial charge in [-0.05, 0) is 49.8 Å². The molecule has 0 heterocycles. The van der Waals surface area contributed by atoms with Crippen LogP contribution in [0.1, 0.15) is 67.8 Å². The summed E-state index contributed by atoms with van der Waals surface area (Å²) in [5, 5.41) is 14.5. The first-order chi connectivity index (χ1) is 13.5. The average Bonchev–Trinajstić information content (AvgIpc) is 2.70. The lowest BCUT2D eigenvalue weighted by Gasteiger charge is -2.15. The van der Waals surface area contributed by atoms with Gasteiger partial charge in [-0.2, -0.15) is 0 Å². The van der Waals surface area contributed by atoms with Crippen molar-refractivity contribution in [2.45, 2.75) is 64.3 Å². The SMILES string of the molecule is CCCCCCc1ccc(C(=O)N[C@@H](CCCCNC(=O)CN)C(=O)O)cc1. The number of nitrogens with two attached hydrogens (primary N) is 1. The number of carboxylic acids is 1. The average molecular weight is 392 g/mol. The fourth-order valence-corrected chi connectivity index (χ4v) is 2.85. The molecule has 0 spiro atoms. The number of unbranched alkanes of at least 4 members (excludes halogenated alkanes) is 4. The van der Waals surface area contributed by atoms with E-state index in [1.54, 1.807) is 12.1 Å². The Kier molecular flexibility index (Phi) is 11.6. The van der Waals surface area contributed by atoms with Gasteiger partial charge in [-0.15, -0.1) is 0 Å². The van der Waals surface area contributed by atoms with Gasteiger partial charge in [0.2, 0.25) is 5.91 Å². The van der Waals surface area contributed by atoms with E-state index in [1.165, 1.54) is 24.8 Å². The number of benzene rings is 1. The van der Waals surface area contributed by atoms with Crippen molar-refractivity contribution >= 4 is 17.8 Å². The number of carbonyl (C=O) groups is 3. The van der Waals surface area contributed by atoms with Crippen LogP contribution in [0.25, 0.3) is 0 Å². The summed E-state index contributed by atoms with van der Waals surface area (Å²) in [6.07, 6.45) is 7.25. The molecule has 28 heavy (non-hydrogen) atoms. The van der Waals surface area contributed by atoms with E-state index < -0.39 is 12.0 Å². The van der Waals surface area contributed by atoms with Crippen LogP contribution in [0.3, 0.4) is 0 Å². The minimum Gasteiger partial charge on any atom is -0.480 e. The summed E-state index contributed by atoms with van der Waals surface area (Å²) in [6, 6.07) is 6.39. The molecule has 1 aromatic carbocycles. The molecule has 1 rings (SSSR count). The summed E-state index contributed by atoms with van der Waals surface area (Å²) in [5.41, 5.74) is 6.83. The molecule has 0 fully saturated rings. The van der Waals surface area contributed by atoms with Crippen LogP contribution in [0.2, 0.25) is 0 Å². The lowest BCUT2D eigenvalue weighted by molar-refractivity contribution is -0.139. The fraction of sp³-hybridized carbons (Fsp3) is 0.571. The molecular formula is C21H33N3O4. The highest BCUT2D eigenvalue weighted by Crippen LogP contribution is 2.10. The first-order valence-electron chi connectivity index (χ1n) is 10.1. The molecule has 156 valence electrons. The maximum atomic E-state index is 12.3. The van der Waals surface area contributed by atoms with Crippen molar-refractivity contribution < 1.29 is 19.5 Å². The number of hydrogen-bond donors (Lipinski definition) is 4. The van der Waals surface area contributed by atoms with Crippen molar-refractivity contribution in [1.29, 1.82) is 0 Å². The van der Waals surface area contributed by atoms with Crippen LogP contribution >= 0.6 is 0 Å². The largest absolute Gasteiger partial charge is 0.480 e. The van der Waals surface area contributed by atoms with Gasteiger partial charge in [-0.25, -0.2) is 4.79 Å². The quantitative estimate of drug-likeness (QED) is 0.362. The molecule has 1 atom stereocenters. The second-order valence-electron chi connectivity index (χ2n) is 6.92. The molecule has 0 radical (unpaired) electrons. The third-order valence-electron chi connectivity index (χ3n) is 4.57. The zero-order chi connectivity index (χ0) is 20.8. The molecule has 0 bridgehead atoms. The fourth-order valence-electron chi connectivity index (χ4n) is 2.85. The number of hydrogen-bond acceptors (Lipinski definition) is 4. The van der Waals surface area contributed by atoms with Crippen LogP contribution in [0.5, 0.6) is 0 Å².